The Hall–Kier alpha value is -1.75. The number of likely N-dealkylation sites (tertiary alicyclic amines) is 2. The van der Waals surface area contributed by atoms with Crippen molar-refractivity contribution in [1.82, 2.24) is 9.80 Å². The summed E-state index contributed by atoms with van der Waals surface area (Å²) >= 11 is 0. The second-order valence-corrected chi connectivity index (χ2v) is 7.02. The predicted octanol–water partition coefficient (Wildman–Crippen LogP) is 2.84. The Morgan fingerprint density at radius 1 is 1.26 bits per heavy atom. The average Bonchev–Trinajstić information content (AvgIpc) is 2.48. The largest absolute Gasteiger partial charge is 0.378 e. The summed E-state index contributed by atoms with van der Waals surface area (Å²) in [5, 5.41) is 3.02. The first-order valence-corrected chi connectivity index (χ1v) is 8.63. The molecule has 3 rings (SSSR count). The van der Waals surface area contributed by atoms with Crippen LogP contribution in [-0.2, 0) is 0 Å². The Labute approximate surface area is 139 Å². The van der Waals surface area contributed by atoms with Crippen LogP contribution >= 0.6 is 0 Å². The standard InChI is InChI=1S/C18H28N4O/c1-14-7-4-5-10-22(14)17-12-21(13-17)18(23)19-15-8-6-9-16(11-15)20(2)3/h6,8-9,11,14,17H,4-5,7,10,12-13H2,1-3H3,(H,19,23)/t14-/m1/s1. The lowest BCUT2D eigenvalue weighted by Gasteiger charge is -2.49. The van der Waals surface area contributed by atoms with Crippen molar-refractivity contribution in [2.45, 2.75) is 38.3 Å². The number of hydrogen-bond acceptors (Lipinski definition) is 3. The molecule has 126 valence electrons. The lowest BCUT2D eigenvalue weighted by atomic mass is 9.98. The van der Waals surface area contributed by atoms with E-state index in [2.05, 4.69) is 17.1 Å². The van der Waals surface area contributed by atoms with Gasteiger partial charge in [-0.25, -0.2) is 4.79 Å². The number of hydrogen-bond donors (Lipinski definition) is 1. The number of nitrogens with one attached hydrogen (secondary N) is 1. The quantitative estimate of drug-likeness (QED) is 0.932. The Balaban J connectivity index is 1.52. The van der Waals surface area contributed by atoms with E-state index < -0.39 is 0 Å². The lowest BCUT2D eigenvalue weighted by Crippen LogP contribution is -2.64. The minimum Gasteiger partial charge on any atom is -0.378 e. The molecule has 5 nitrogen and oxygen atoms in total. The predicted molar refractivity (Wildman–Crippen MR) is 95.2 cm³/mol. The number of nitrogens with zero attached hydrogens (tertiary/aromatic N) is 3. The van der Waals surface area contributed by atoms with E-state index in [4.69, 9.17) is 0 Å². The van der Waals surface area contributed by atoms with Gasteiger partial charge in [0.05, 0.1) is 0 Å². The number of piperidine rings is 1. The lowest BCUT2D eigenvalue weighted by molar-refractivity contribution is 0.0199. The molecular weight excluding hydrogens is 288 g/mol. The van der Waals surface area contributed by atoms with Gasteiger partial charge in [-0.05, 0) is 44.5 Å². The van der Waals surface area contributed by atoms with Gasteiger partial charge < -0.3 is 15.1 Å². The molecular formula is C18H28N4O. The maximum Gasteiger partial charge on any atom is 0.321 e. The Bertz CT molecular complexity index is 554. The molecule has 1 aromatic rings. The summed E-state index contributed by atoms with van der Waals surface area (Å²) in [5.74, 6) is 0. The van der Waals surface area contributed by atoms with Crippen LogP contribution in [0.3, 0.4) is 0 Å². The molecule has 0 aromatic heterocycles. The number of benzene rings is 1. The summed E-state index contributed by atoms with van der Waals surface area (Å²) in [7, 11) is 4.00. The molecule has 0 unspecified atom stereocenters. The highest BCUT2D eigenvalue weighted by Gasteiger charge is 2.37. The van der Waals surface area contributed by atoms with E-state index in [1.807, 2.05) is 48.2 Å². The second-order valence-electron chi connectivity index (χ2n) is 7.02. The van der Waals surface area contributed by atoms with Gasteiger partial charge in [-0.15, -0.1) is 0 Å². The molecule has 1 atom stereocenters. The van der Waals surface area contributed by atoms with E-state index in [1.165, 1.54) is 25.8 Å². The number of rotatable bonds is 3. The summed E-state index contributed by atoms with van der Waals surface area (Å²) in [6.07, 6.45) is 3.93. The van der Waals surface area contributed by atoms with Gasteiger partial charge in [0, 0.05) is 50.6 Å². The normalized spacial score (nSPS) is 22.6. The van der Waals surface area contributed by atoms with Crippen molar-refractivity contribution in [3.05, 3.63) is 24.3 Å². The number of urea groups is 1. The molecule has 0 aliphatic carbocycles. The highest BCUT2D eigenvalue weighted by atomic mass is 16.2. The van der Waals surface area contributed by atoms with Crippen LogP contribution in [0.25, 0.3) is 0 Å². The van der Waals surface area contributed by atoms with Crippen molar-refractivity contribution in [2.24, 2.45) is 0 Å². The number of anilines is 2. The van der Waals surface area contributed by atoms with Crippen molar-refractivity contribution in [3.63, 3.8) is 0 Å². The molecule has 2 amide bonds. The van der Waals surface area contributed by atoms with Gasteiger partial charge in [-0.3, -0.25) is 4.90 Å². The van der Waals surface area contributed by atoms with Crippen molar-refractivity contribution in [3.8, 4) is 0 Å². The van der Waals surface area contributed by atoms with Gasteiger partial charge in [-0.2, -0.15) is 0 Å². The zero-order chi connectivity index (χ0) is 16.4. The van der Waals surface area contributed by atoms with Crippen LogP contribution in [0.4, 0.5) is 16.2 Å². The van der Waals surface area contributed by atoms with Gasteiger partial charge in [-0.1, -0.05) is 12.5 Å². The second kappa shape index (κ2) is 6.79. The van der Waals surface area contributed by atoms with Crippen LogP contribution in [0.1, 0.15) is 26.2 Å². The smallest absolute Gasteiger partial charge is 0.321 e. The van der Waals surface area contributed by atoms with Crippen LogP contribution in [0.5, 0.6) is 0 Å². The average molecular weight is 316 g/mol. The maximum atomic E-state index is 12.4. The van der Waals surface area contributed by atoms with Gasteiger partial charge in [0.15, 0.2) is 0 Å². The summed E-state index contributed by atoms with van der Waals surface area (Å²) < 4.78 is 0. The first-order chi connectivity index (χ1) is 11.0. The molecule has 2 fully saturated rings. The van der Waals surface area contributed by atoms with Crippen molar-refractivity contribution < 1.29 is 4.79 Å². The number of carbonyl (C=O) groups excluding carboxylic acids is 1. The summed E-state index contributed by atoms with van der Waals surface area (Å²) in [5.41, 5.74) is 1.95. The fourth-order valence-electron chi connectivity index (χ4n) is 3.56. The Kier molecular flexibility index (Phi) is 4.76. The Morgan fingerprint density at radius 3 is 2.74 bits per heavy atom. The summed E-state index contributed by atoms with van der Waals surface area (Å²) in [4.78, 5) is 18.9. The van der Waals surface area contributed by atoms with Gasteiger partial charge in [0.1, 0.15) is 0 Å². The van der Waals surface area contributed by atoms with Crippen LogP contribution in [0.2, 0.25) is 0 Å². The molecule has 0 saturated carbocycles. The molecule has 0 spiro atoms. The topological polar surface area (TPSA) is 38.8 Å². The molecule has 5 heteroatoms. The van der Waals surface area contributed by atoms with Crippen molar-refractivity contribution in [2.75, 3.05) is 43.9 Å². The molecule has 2 aliphatic rings. The number of amides is 2. The monoisotopic (exact) mass is 316 g/mol. The van der Waals surface area contributed by atoms with E-state index in [0.29, 0.717) is 12.1 Å². The van der Waals surface area contributed by atoms with E-state index in [9.17, 15) is 4.79 Å². The van der Waals surface area contributed by atoms with E-state index in [1.54, 1.807) is 0 Å². The first kappa shape index (κ1) is 16.1. The molecule has 23 heavy (non-hydrogen) atoms. The highest BCUT2D eigenvalue weighted by Crippen LogP contribution is 2.25. The summed E-state index contributed by atoms with van der Waals surface area (Å²) in [6.45, 7) is 5.20. The van der Waals surface area contributed by atoms with Gasteiger partial charge in [0.25, 0.3) is 0 Å². The fraction of sp³-hybridized carbons (Fsp3) is 0.611. The third-order valence-electron chi connectivity index (χ3n) is 5.09. The third-order valence-corrected chi connectivity index (χ3v) is 5.09. The molecule has 0 bridgehead atoms. The fourth-order valence-corrected chi connectivity index (χ4v) is 3.56. The third kappa shape index (κ3) is 3.61. The first-order valence-electron chi connectivity index (χ1n) is 8.63. The van der Waals surface area contributed by atoms with Crippen LogP contribution in [0, 0.1) is 0 Å². The molecule has 0 radical (unpaired) electrons. The highest BCUT2D eigenvalue weighted by molar-refractivity contribution is 5.90. The van der Waals surface area contributed by atoms with Crippen LogP contribution in [-0.4, -0.2) is 61.6 Å². The van der Waals surface area contributed by atoms with E-state index >= 15 is 0 Å². The van der Waals surface area contributed by atoms with Crippen molar-refractivity contribution in [1.29, 1.82) is 0 Å². The maximum absolute atomic E-state index is 12.4. The molecule has 1 N–H and O–H groups in total. The van der Waals surface area contributed by atoms with Gasteiger partial charge in [0.2, 0.25) is 0 Å². The Morgan fingerprint density at radius 2 is 2.04 bits per heavy atom. The van der Waals surface area contributed by atoms with E-state index in [-0.39, 0.29) is 6.03 Å². The molecule has 2 aliphatic heterocycles. The van der Waals surface area contributed by atoms with Gasteiger partial charge >= 0.3 is 6.03 Å². The summed E-state index contributed by atoms with van der Waals surface area (Å²) in [6, 6.07) is 9.17. The number of carbonyl (C=O) groups is 1. The zero-order valence-corrected chi connectivity index (χ0v) is 14.5. The molecule has 2 heterocycles. The minimum atomic E-state index is 0.0156. The van der Waals surface area contributed by atoms with E-state index in [0.717, 1.165) is 24.5 Å². The molecule has 2 saturated heterocycles. The van der Waals surface area contributed by atoms with Crippen LogP contribution in [0.15, 0.2) is 24.3 Å². The van der Waals surface area contributed by atoms with Crippen LogP contribution < -0.4 is 10.2 Å². The van der Waals surface area contributed by atoms with Crippen molar-refractivity contribution >= 4 is 17.4 Å². The SMILES string of the molecule is C[C@@H]1CCCCN1C1CN(C(=O)Nc2cccc(N(C)C)c2)C1. The zero-order valence-electron chi connectivity index (χ0n) is 14.5. The molecule has 1 aromatic carbocycles. The minimum absolute atomic E-state index is 0.0156.